The van der Waals surface area contributed by atoms with E-state index in [-0.39, 0.29) is 5.54 Å². The molecule has 5 heteroatoms. The molecule has 0 aliphatic rings. The Balaban J connectivity index is 3.29. The summed E-state index contributed by atoms with van der Waals surface area (Å²) in [5, 5.41) is 0. The third-order valence-corrected chi connectivity index (χ3v) is 5.15. The molecule has 3 nitrogen and oxygen atoms in total. The summed E-state index contributed by atoms with van der Waals surface area (Å²) in [6, 6.07) is 7.43. The number of rotatable bonds is 2. The molecule has 0 radical (unpaired) electrons. The first-order chi connectivity index (χ1) is 7.28. The van der Waals surface area contributed by atoms with Gasteiger partial charge in [-0.05, 0) is 48.8 Å². The van der Waals surface area contributed by atoms with Crippen molar-refractivity contribution in [2.75, 3.05) is 7.05 Å². The minimum Gasteiger partial charge on any atom is -0.229 e. The predicted molar refractivity (Wildman–Crippen MR) is 71.8 cm³/mol. The van der Waals surface area contributed by atoms with Gasteiger partial charge in [-0.2, -0.15) is 0 Å². The first-order valence-electron chi connectivity index (χ1n) is 4.97. The van der Waals surface area contributed by atoms with E-state index in [1.165, 1.54) is 0 Å². The van der Waals surface area contributed by atoms with Crippen molar-refractivity contribution in [3.05, 3.63) is 28.7 Å². The van der Waals surface area contributed by atoms with Gasteiger partial charge in [-0.3, -0.25) is 0 Å². The van der Waals surface area contributed by atoms with E-state index in [0.29, 0.717) is 4.90 Å². The standard InChI is InChI=1S/C11H17BrN2OS/c1-11(2,3)14-16(15,13-4)10-8-6-5-7-9(10)12/h5-8H,1-4H3,(H,13,14,15). The van der Waals surface area contributed by atoms with Crippen molar-refractivity contribution in [1.29, 1.82) is 0 Å². The summed E-state index contributed by atoms with van der Waals surface area (Å²) in [7, 11) is -0.996. The first-order valence-corrected chi connectivity index (χ1v) is 7.28. The fraction of sp³-hybridized carbons (Fsp3) is 0.455. The highest BCUT2D eigenvalue weighted by Gasteiger charge is 2.21. The Labute approximate surface area is 106 Å². The van der Waals surface area contributed by atoms with Gasteiger partial charge in [0.2, 0.25) is 0 Å². The Morgan fingerprint density at radius 1 is 1.31 bits per heavy atom. The highest BCUT2D eigenvalue weighted by atomic mass is 79.9. The van der Waals surface area contributed by atoms with Gasteiger partial charge in [-0.1, -0.05) is 12.1 Å². The van der Waals surface area contributed by atoms with E-state index in [0.717, 1.165) is 4.47 Å². The van der Waals surface area contributed by atoms with Crippen molar-refractivity contribution >= 4 is 25.8 Å². The number of hydrogen-bond donors (Lipinski definition) is 1. The molecule has 1 aromatic rings. The van der Waals surface area contributed by atoms with E-state index in [9.17, 15) is 4.21 Å². The molecule has 0 spiro atoms. The maximum Gasteiger partial charge on any atom is 0.138 e. The minimum atomic E-state index is -2.57. The average Bonchev–Trinajstić information content (AvgIpc) is 2.15. The molecule has 0 heterocycles. The minimum absolute atomic E-state index is 0.258. The van der Waals surface area contributed by atoms with Crippen LogP contribution >= 0.6 is 15.9 Å². The second-order valence-corrected chi connectivity index (χ2v) is 7.41. The maximum atomic E-state index is 12.7. The lowest BCUT2D eigenvalue weighted by molar-refractivity contribution is 0.515. The van der Waals surface area contributed by atoms with Gasteiger partial charge < -0.3 is 0 Å². The van der Waals surface area contributed by atoms with Crippen molar-refractivity contribution in [1.82, 2.24) is 4.72 Å². The Hall–Kier alpha value is -0.390. The molecule has 0 bridgehead atoms. The van der Waals surface area contributed by atoms with Crippen molar-refractivity contribution < 1.29 is 4.21 Å². The normalized spacial score (nSPS) is 15.6. The van der Waals surface area contributed by atoms with Crippen LogP contribution in [-0.4, -0.2) is 16.8 Å². The van der Waals surface area contributed by atoms with E-state index in [1.807, 2.05) is 45.0 Å². The predicted octanol–water partition coefficient (Wildman–Crippen LogP) is 3.21. The van der Waals surface area contributed by atoms with Gasteiger partial charge in [0.15, 0.2) is 0 Å². The van der Waals surface area contributed by atoms with Crippen LogP contribution in [0.2, 0.25) is 0 Å². The van der Waals surface area contributed by atoms with Crippen molar-refractivity contribution in [3.63, 3.8) is 0 Å². The molecule has 0 aliphatic heterocycles. The van der Waals surface area contributed by atoms with Gasteiger partial charge in [-0.25, -0.2) is 13.3 Å². The van der Waals surface area contributed by atoms with Crippen LogP contribution in [0.15, 0.2) is 38.0 Å². The van der Waals surface area contributed by atoms with Gasteiger partial charge in [0.05, 0.1) is 4.90 Å². The summed E-state index contributed by atoms with van der Waals surface area (Å²) in [6.45, 7) is 5.90. The molecule has 0 amide bonds. The fourth-order valence-corrected chi connectivity index (χ4v) is 4.05. The summed E-state index contributed by atoms with van der Waals surface area (Å²) in [5.41, 5.74) is -0.258. The second kappa shape index (κ2) is 4.85. The second-order valence-electron chi connectivity index (χ2n) is 4.49. The highest BCUT2D eigenvalue weighted by molar-refractivity contribution is 9.10. The third kappa shape index (κ3) is 3.30. The van der Waals surface area contributed by atoms with Gasteiger partial charge in [0.1, 0.15) is 9.92 Å². The molecule has 0 fully saturated rings. The Morgan fingerprint density at radius 2 is 1.88 bits per heavy atom. The smallest absolute Gasteiger partial charge is 0.138 e. The molecule has 90 valence electrons. The molecule has 1 rings (SSSR count). The van der Waals surface area contributed by atoms with Crippen molar-refractivity contribution in [3.8, 4) is 0 Å². The molecule has 0 saturated carbocycles. The number of nitrogens with one attached hydrogen (secondary N) is 1. The molecule has 16 heavy (non-hydrogen) atoms. The van der Waals surface area contributed by atoms with Crippen LogP contribution in [0, 0.1) is 0 Å². The van der Waals surface area contributed by atoms with Crippen LogP contribution in [0.3, 0.4) is 0 Å². The number of halogens is 1. The molecule has 0 saturated heterocycles. The summed E-state index contributed by atoms with van der Waals surface area (Å²) in [6.07, 6.45) is 0. The quantitative estimate of drug-likeness (QED) is 0.895. The zero-order valence-corrected chi connectivity index (χ0v) is 12.4. The fourth-order valence-electron chi connectivity index (χ4n) is 1.28. The van der Waals surface area contributed by atoms with Crippen LogP contribution in [0.25, 0.3) is 0 Å². The highest BCUT2D eigenvalue weighted by Crippen LogP contribution is 2.23. The van der Waals surface area contributed by atoms with E-state index < -0.39 is 9.92 Å². The van der Waals surface area contributed by atoms with Crippen LogP contribution in [0.4, 0.5) is 0 Å². The molecule has 1 atom stereocenters. The van der Waals surface area contributed by atoms with Crippen LogP contribution in [-0.2, 0) is 9.92 Å². The van der Waals surface area contributed by atoms with Gasteiger partial charge >= 0.3 is 0 Å². The molecule has 0 aliphatic carbocycles. The molecule has 1 unspecified atom stereocenters. The Bertz CT molecular complexity index is 485. The molecular weight excluding hydrogens is 288 g/mol. The first kappa shape index (κ1) is 13.7. The summed E-state index contributed by atoms with van der Waals surface area (Å²) < 4.78 is 20.6. The topological polar surface area (TPSA) is 41.5 Å². The van der Waals surface area contributed by atoms with Crippen LogP contribution < -0.4 is 4.72 Å². The molecule has 1 N–H and O–H groups in total. The lowest BCUT2D eigenvalue weighted by Crippen LogP contribution is -2.40. The van der Waals surface area contributed by atoms with Crippen LogP contribution in [0.1, 0.15) is 20.8 Å². The van der Waals surface area contributed by atoms with E-state index in [4.69, 9.17) is 0 Å². The summed E-state index contributed by atoms with van der Waals surface area (Å²) >= 11 is 3.40. The monoisotopic (exact) mass is 304 g/mol. The molecule has 0 aromatic heterocycles. The molecule has 1 aromatic carbocycles. The lowest BCUT2D eigenvalue weighted by Gasteiger charge is -2.23. The van der Waals surface area contributed by atoms with E-state index in [2.05, 4.69) is 25.0 Å². The van der Waals surface area contributed by atoms with Gasteiger partial charge in [-0.15, -0.1) is 0 Å². The zero-order chi connectivity index (χ0) is 12.4. The van der Waals surface area contributed by atoms with E-state index >= 15 is 0 Å². The third-order valence-electron chi connectivity index (χ3n) is 1.84. The SMILES string of the molecule is CN=S(=O)(NC(C)(C)C)c1ccccc1Br. The Morgan fingerprint density at radius 3 is 2.31 bits per heavy atom. The van der Waals surface area contributed by atoms with Gasteiger partial charge in [0, 0.05) is 17.1 Å². The largest absolute Gasteiger partial charge is 0.229 e. The maximum absolute atomic E-state index is 12.7. The number of hydrogen-bond acceptors (Lipinski definition) is 2. The lowest BCUT2D eigenvalue weighted by atomic mass is 10.1. The zero-order valence-electron chi connectivity index (χ0n) is 9.95. The van der Waals surface area contributed by atoms with Crippen molar-refractivity contribution in [2.24, 2.45) is 4.36 Å². The van der Waals surface area contributed by atoms with Crippen LogP contribution in [0.5, 0.6) is 0 Å². The number of benzene rings is 1. The summed E-state index contributed by atoms with van der Waals surface area (Å²) in [4.78, 5) is 0.687. The molecular formula is C11H17BrN2OS. The number of nitrogens with zero attached hydrogens (tertiary/aromatic N) is 1. The average molecular weight is 305 g/mol. The Kier molecular flexibility index (Phi) is 4.15. The summed E-state index contributed by atoms with van der Waals surface area (Å²) in [5.74, 6) is 0. The van der Waals surface area contributed by atoms with Gasteiger partial charge in [0.25, 0.3) is 0 Å². The van der Waals surface area contributed by atoms with Crippen molar-refractivity contribution in [2.45, 2.75) is 31.2 Å². The van der Waals surface area contributed by atoms with E-state index in [1.54, 1.807) is 7.05 Å².